The lowest BCUT2D eigenvalue weighted by Crippen LogP contribution is -2.49. The van der Waals surface area contributed by atoms with E-state index in [1.54, 1.807) is 0 Å². The van der Waals surface area contributed by atoms with Crippen LogP contribution in [0.25, 0.3) is 0 Å². The van der Waals surface area contributed by atoms with E-state index in [2.05, 4.69) is 33.6 Å². The van der Waals surface area contributed by atoms with Gasteiger partial charge in [0.15, 0.2) is 0 Å². The number of amides is 1. The Morgan fingerprint density at radius 3 is 2.57 bits per heavy atom. The molecule has 1 aliphatic rings. The van der Waals surface area contributed by atoms with Crippen LogP contribution in [-0.2, 0) is 6.54 Å². The molecule has 128 valence electrons. The van der Waals surface area contributed by atoms with Gasteiger partial charge in [-0.15, -0.1) is 0 Å². The summed E-state index contributed by atoms with van der Waals surface area (Å²) in [6, 6.07) is 8.54. The molecule has 2 N–H and O–H groups in total. The van der Waals surface area contributed by atoms with Crippen molar-refractivity contribution in [3.63, 3.8) is 0 Å². The second kappa shape index (κ2) is 9.37. The normalized spacial score (nSPS) is 17.8. The van der Waals surface area contributed by atoms with Crippen LogP contribution in [0.15, 0.2) is 24.3 Å². The quantitative estimate of drug-likeness (QED) is 0.580. The Morgan fingerprint density at radius 2 is 1.96 bits per heavy atom. The molecule has 23 heavy (non-hydrogen) atoms. The van der Waals surface area contributed by atoms with Crippen molar-refractivity contribution in [2.75, 3.05) is 31.9 Å². The monoisotopic (exact) mass is 357 g/mol. The molecule has 1 aromatic rings. The molecular formula is C16H24ClN3O2S. The van der Waals surface area contributed by atoms with Crippen molar-refractivity contribution < 1.29 is 9.90 Å². The topological polar surface area (TPSA) is 55.8 Å². The molecule has 1 atom stereocenters. The van der Waals surface area contributed by atoms with Gasteiger partial charge in [-0.1, -0.05) is 23.7 Å². The van der Waals surface area contributed by atoms with Crippen LogP contribution in [0.2, 0.25) is 5.02 Å². The number of nitrogens with one attached hydrogen (secondary N) is 1. The second-order valence-electron chi connectivity index (χ2n) is 5.83. The van der Waals surface area contributed by atoms with Crippen molar-refractivity contribution in [1.29, 1.82) is 0 Å². The van der Waals surface area contributed by atoms with Gasteiger partial charge in [0.25, 0.3) is 0 Å². The molecule has 1 unspecified atom stereocenters. The fourth-order valence-corrected chi connectivity index (χ4v) is 3.55. The Hall–Kier alpha value is -0.950. The van der Waals surface area contributed by atoms with Crippen LogP contribution in [0.1, 0.15) is 18.9 Å². The Balaban J connectivity index is 1.66. The van der Waals surface area contributed by atoms with E-state index in [0.29, 0.717) is 6.04 Å². The number of rotatable bonds is 7. The van der Waals surface area contributed by atoms with Gasteiger partial charge in [-0.25, -0.2) is 4.79 Å². The number of nitrogens with zero attached hydrogens (tertiary/aromatic N) is 2. The molecule has 1 aromatic carbocycles. The third kappa shape index (κ3) is 6.59. The number of benzene rings is 1. The summed E-state index contributed by atoms with van der Waals surface area (Å²) < 4.78 is 2.34. The van der Waals surface area contributed by atoms with Crippen molar-refractivity contribution in [3.05, 3.63) is 34.9 Å². The number of hydrogen-bond acceptors (Lipinski definition) is 4. The highest BCUT2D eigenvalue weighted by molar-refractivity contribution is 7.97. The predicted octanol–water partition coefficient (Wildman–Crippen LogP) is 3.15. The standard InChI is InChI=1S/C16H24ClN3O2S/c1-13(6-11-23-18-16(21)22)20-9-7-19(8-10-20)12-14-2-4-15(17)5-3-14/h2-5,13,18H,6-12H2,1H3,(H,21,22). The van der Waals surface area contributed by atoms with Gasteiger partial charge >= 0.3 is 6.09 Å². The fraction of sp³-hybridized carbons (Fsp3) is 0.562. The lowest BCUT2D eigenvalue weighted by molar-refractivity contribution is 0.0967. The lowest BCUT2D eigenvalue weighted by atomic mass is 10.1. The Labute approximate surface area is 147 Å². The summed E-state index contributed by atoms with van der Waals surface area (Å²) in [4.78, 5) is 15.3. The molecule has 0 saturated carbocycles. The molecule has 0 bridgehead atoms. The van der Waals surface area contributed by atoms with Gasteiger partial charge in [0.1, 0.15) is 0 Å². The van der Waals surface area contributed by atoms with E-state index in [1.165, 1.54) is 17.5 Å². The van der Waals surface area contributed by atoms with Crippen LogP contribution < -0.4 is 4.72 Å². The number of halogens is 1. The maximum atomic E-state index is 10.4. The van der Waals surface area contributed by atoms with Crippen LogP contribution in [-0.4, -0.2) is 59.0 Å². The van der Waals surface area contributed by atoms with Gasteiger partial charge in [0.05, 0.1) is 0 Å². The maximum Gasteiger partial charge on any atom is 0.414 e. The Bertz CT molecular complexity index is 493. The van der Waals surface area contributed by atoms with Crippen LogP contribution in [0.4, 0.5) is 4.79 Å². The highest BCUT2D eigenvalue weighted by Crippen LogP contribution is 2.15. The summed E-state index contributed by atoms with van der Waals surface area (Å²) in [6.45, 7) is 7.44. The fourth-order valence-electron chi connectivity index (χ4n) is 2.74. The van der Waals surface area contributed by atoms with Gasteiger partial charge < -0.3 is 5.11 Å². The Kier molecular flexibility index (Phi) is 7.49. The molecule has 2 rings (SSSR count). The average Bonchev–Trinajstić information content (AvgIpc) is 2.54. The van der Waals surface area contributed by atoms with E-state index in [1.807, 2.05) is 12.1 Å². The molecule has 1 amide bonds. The Morgan fingerprint density at radius 1 is 1.30 bits per heavy atom. The van der Waals surface area contributed by atoms with Crippen LogP contribution in [0, 0.1) is 0 Å². The molecule has 1 saturated heterocycles. The van der Waals surface area contributed by atoms with Crippen molar-refractivity contribution in [3.8, 4) is 0 Å². The zero-order valence-corrected chi connectivity index (χ0v) is 14.9. The third-order valence-electron chi connectivity index (χ3n) is 4.15. The minimum atomic E-state index is -0.974. The zero-order valence-electron chi connectivity index (χ0n) is 13.4. The third-order valence-corrected chi connectivity index (χ3v) is 5.16. The molecule has 0 spiro atoms. The van der Waals surface area contributed by atoms with Crippen LogP contribution in [0.5, 0.6) is 0 Å². The predicted molar refractivity (Wildman–Crippen MR) is 96.0 cm³/mol. The zero-order chi connectivity index (χ0) is 16.7. The molecular weight excluding hydrogens is 334 g/mol. The molecule has 0 aliphatic carbocycles. The second-order valence-corrected chi connectivity index (χ2v) is 7.17. The molecule has 7 heteroatoms. The summed E-state index contributed by atoms with van der Waals surface area (Å²) in [7, 11) is 0. The van der Waals surface area contributed by atoms with Gasteiger partial charge in [-0.3, -0.25) is 14.5 Å². The molecule has 5 nitrogen and oxygen atoms in total. The SMILES string of the molecule is CC(CCSNC(=O)O)N1CCN(Cc2ccc(Cl)cc2)CC1. The summed E-state index contributed by atoms with van der Waals surface area (Å²) in [5.41, 5.74) is 1.30. The van der Waals surface area contributed by atoms with E-state index in [4.69, 9.17) is 16.7 Å². The number of hydrogen-bond donors (Lipinski definition) is 2. The van der Waals surface area contributed by atoms with E-state index in [0.717, 1.165) is 49.9 Å². The summed E-state index contributed by atoms with van der Waals surface area (Å²) >= 11 is 7.18. The molecule has 1 heterocycles. The van der Waals surface area contributed by atoms with Gasteiger partial charge in [0.2, 0.25) is 0 Å². The number of piperazine rings is 1. The smallest absolute Gasteiger partial charge is 0.414 e. The van der Waals surface area contributed by atoms with Crippen molar-refractivity contribution >= 4 is 29.6 Å². The minimum Gasteiger partial charge on any atom is -0.464 e. The highest BCUT2D eigenvalue weighted by Gasteiger charge is 2.20. The maximum absolute atomic E-state index is 10.4. The molecule has 1 aliphatic heterocycles. The van der Waals surface area contributed by atoms with Crippen LogP contribution >= 0.6 is 23.5 Å². The first-order valence-corrected chi connectivity index (χ1v) is 9.22. The summed E-state index contributed by atoms with van der Waals surface area (Å²) in [5, 5.41) is 9.32. The summed E-state index contributed by atoms with van der Waals surface area (Å²) in [5.74, 6) is 0.804. The molecule has 1 fully saturated rings. The van der Waals surface area contributed by atoms with Crippen molar-refractivity contribution in [2.45, 2.75) is 25.9 Å². The van der Waals surface area contributed by atoms with E-state index < -0.39 is 6.09 Å². The largest absolute Gasteiger partial charge is 0.464 e. The van der Waals surface area contributed by atoms with Gasteiger partial charge in [-0.2, -0.15) is 0 Å². The summed E-state index contributed by atoms with van der Waals surface area (Å²) in [6.07, 6.45) is 0.0146. The van der Waals surface area contributed by atoms with E-state index >= 15 is 0 Å². The van der Waals surface area contributed by atoms with Crippen LogP contribution in [0.3, 0.4) is 0 Å². The van der Waals surface area contributed by atoms with E-state index in [-0.39, 0.29) is 0 Å². The van der Waals surface area contributed by atoms with Crippen molar-refractivity contribution in [2.24, 2.45) is 0 Å². The highest BCUT2D eigenvalue weighted by atomic mass is 35.5. The first kappa shape index (κ1) is 18.4. The van der Waals surface area contributed by atoms with Gasteiger partial charge in [0, 0.05) is 49.5 Å². The molecule has 0 radical (unpaired) electrons. The number of carboxylic acid groups (broad SMARTS) is 1. The minimum absolute atomic E-state index is 0.482. The average molecular weight is 358 g/mol. The van der Waals surface area contributed by atoms with Crippen molar-refractivity contribution in [1.82, 2.24) is 14.5 Å². The first-order valence-electron chi connectivity index (χ1n) is 7.86. The van der Waals surface area contributed by atoms with Gasteiger partial charge in [-0.05, 0) is 43.0 Å². The first-order chi connectivity index (χ1) is 11.0. The lowest BCUT2D eigenvalue weighted by Gasteiger charge is -2.38. The van der Waals surface area contributed by atoms with E-state index in [9.17, 15) is 4.79 Å². The number of carbonyl (C=O) groups is 1. The molecule has 0 aromatic heterocycles.